The van der Waals surface area contributed by atoms with Crippen LogP contribution < -0.4 is 5.32 Å². The number of carboxylic acid groups (broad SMARTS) is 1. The molecule has 1 aliphatic rings. The Bertz CT molecular complexity index is 1130. The lowest BCUT2D eigenvalue weighted by atomic mass is 9.98. The fraction of sp³-hybridized carbons (Fsp3) is 0.292. The van der Waals surface area contributed by atoms with E-state index in [1.165, 1.54) is 0 Å². The normalized spacial score (nSPS) is 13.3. The number of halogens is 1. The monoisotopic (exact) mass is 497 g/mol. The molecule has 1 heterocycles. The Morgan fingerprint density at radius 1 is 1.16 bits per heavy atom. The summed E-state index contributed by atoms with van der Waals surface area (Å²) in [5, 5.41) is 16.5. The highest BCUT2D eigenvalue weighted by atomic mass is 79.9. The molecule has 32 heavy (non-hydrogen) atoms. The number of aryl methyl sites for hydroxylation is 2. The third kappa shape index (κ3) is 4.14. The van der Waals surface area contributed by atoms with Crippen LogP contribution in [0.25, 0.3) is 11.1 Å². The predicted molar refractivity (Wildman–Crippen MR) is 124 cm³/mol. The number of carboxylic acids is 1. The first-order valence-electron chi connectivity index (χ1n) is 10.4. The van der Waals surface area contributed by atoms with Crippen LogP contribution in [0.1, 0.15) is 35.4 Å². The molecule has 0 spiro atoms. The quantitative estimate of drug-likeness (QED) is 0.508. The van der Waals surface area contributed by atoms with Gasteiger partial charge in [0.05, 0.1) is 15.9 Å². The van der Waals surface area contributed by atoms with E-state index >= 15 is 0 Å². The maximum absolute atomic E-state index is 12.5. The molecule has 1 amide bonds. The van der Waals surface area contributed by atoms with Crippen LogP contribution in [0.4, 0.5) is 4.79 Å². The zero-order valence-electron chi connectivity index (χ0n) is 17.8. The minimum Gasteiger partial charge on any atom is -0.480 e. The first-order chi connectivity index (χ1) is 15.4. The summed E-state index contributed by atoms with van der Waals surface area (Å²) >= 11 is 3.49. The van der Waals surface area contributed by atoms with Gasteiger partial charge in [-0.2, -0.15) is 5.10 Å². The van der Waals surface area contributed by atoms with E-state index in [2.05, 4.69) is 38.5 Å². The molecule has 0 fully saturated rings. The highest BCUT2D eigenvalue weighted by molar-refractivity contribution is 9.10. The lowest BCUT2D eigenvalue weighted by Crippen LogP contribution is -2.43. The molecular formula is C24H24BrN3O4. The number of aromatic nitrogens is 2. The molecule has 3 aromatic rings. The molecule has 1 aromatic heterocycles. The number of amides is 1. The van der Waals surface area contributed by atoms with E-state index in [0.717, 1.165) is 32.4 Å². The van der Waals surface area contributed by atoms with Gasteiger partial charge in [0.1, 0.15) is 12.6 Å². The lowest BCUT2D eigenvalue weighted by Gasteiger charge is -2.17. The number of benzene rings is 2. The number of ether oxygens (including phenoxy) is 1. The summed E-state index contributed by atoms with van der Waals surface area (Å²) in [5.74, 6) is -1.22. The third-order valence-corrected chi connectivity index (χ3v) is 6.75. The Kier molecular flexibility index (Phi) is 6.32. The first kappa shape index (κ1) is 22.1. The Morgan fingerprint density at radius 3 is 2.28 bits per heavy atom. The average Bonchev–Trinajstić information content (AvgIpc) is 3.25. The molecule has 0 bridgehead atoms. The van der Waals surface area contributed by atoms with Crippen molar-refractivity contribution in [1.82, 2.24) is 15.1 Å². The molecule has 0 saturated carbocycles. The molecule has 1 atom stereocenters. The number of rotatable bonds is 7. The SMILES string of the molecule is CCc1nn(C)c(CC(NC(=O)OCC2c3ccccc3-c3ccccc32)C(=O)O)c1Br. The van der Waals surface area contributed by atoms with Gasteiger partial charge in [-0.25, -0.2) is 9.59 Å². The largest absolute Gasteiger partial charge is 0.480 e. The molecule has 2 N–H and O–H groups in total. The molecule has 2 aromatic carbocycles. The summed E-state index contributed by atoms with van der Waals surface area (Å²) in [6.45, 7) is 2.10. The highest BCUT2D eigenvalue weighted by Crippen LogP contribution is 2.44. The molecule has 1 unspecified atom stereocenters. The average molecular weight is 498 g/mol. The summed E-state index contributed by atoms with van der Waals surface area (Å²) in [4.78, 5) is 24.3. The van der Waals surface area contributed by atoms with Gasteiger partial charge in [0.25, 0.3) is 0 Å². The smallest absolute Gasteiger partial charge is 0.407 e. The van der Waals surface area contributed by atoms with E-state index in [-0.39, 0.29) is 18.9 Å². The van der Waals surface area contributed by atoms with Crippen molar-refractivity contribution in [2.75, 3.05) is 6.61 Å². The lowest BCUT2D eigenvalue weighted by molar-refractivity contribution is -0.139. The van der Waals surface area contributed by atoms with Gasteiger partial charge in [0.2, 0.25) is 0 Å². The van der Waals surface area contributed by atoms with Crippen LogP contribution in [-0.2, 0) is 29.4 Å². The van der Waals surface area contributed by atoms with Gasteiger partial charge in [-0.3, -0.25) is 4.68 Å². The second-order valence-corrected chi connectivity index (χ2v) is 8.54. The van der Waals surface area contributed by atoms with E-state index in [4.69, 9.17) is 4.74 Å². The maximum Gasteiger partial charge on any atom is 0.407 e. The summed E-state index contributed by atoms with van der Waals surface area (Å²) < 4.78 is 7.90. The van der Waals surface area contributed by atoms with Crippen molar-refractivity contribution in [3.63, 3.8) is 0 Å². The number of carbonyl (C=O) groups is 2. The van der Waals surface area contributed by atoms with E-state index in [1.54, 1.807) is 11.7 Å². The van der Waals surface area contributed by atoms with Crippen LogP contribution in [-0.4, -0.2) is 39.6 Å². The fourth-order valence-corrected chi connectivity index (χ4v) is 5.00. The van der Waals surface area contributed by atoms with E-state index in [0.29, 0.717) is 12.1 Å². The number of nitrogens with one attached hydrogen (secondary N) is 1. The van der Waals surface area contributed by atoms with Gasteiger partial charge in [-0.05, 0) is 44.6 Å². The molecule has 4 rings (SSSR count). The molecule has 166 valence electrons. The Hall–Kier alpha value is -3.13. The maximum atomic E-state index is 12.5. The number of hydrogen-bond acceptors (Lipinski definition) is 4. The van der Waals surface area contributed by atoms with Crippen LogP contribution in [0, 0.1) is 0 Å². The van der Waals surface area contributed by atoms with Gasteiger partial charge in [-0.15, -0.1) is 0 Å². The summed E-state index contributed by atoms with van der Waals surface area (Å²) in [6, 6.07) is 15.0. The van der Waals surface area contributed by atoms with Gasteiger partial charge in [0, 0.05) is 19.4 Å². The van der Waals surface area contributed by atoms with Crippen LogP contribution >= 0.6 is 15.9 Å². The van der Waals surface area contributed by atoms with Crippen molar-refractivity contribution in [2.45, 2.75) is 31.7 Å². The molecule has 0 radical (unpaired) electrons. The molecule has 1 aliphatic carbocycles. The highest BCUT2D eigenvalue weighted by Gasteiger charge is 2.30. The molecular weight excluding hydrogens is 474 g/mol. The third-order valence-electron chi connectivity index (χ3n) is 5.83. The number of hydrogen-bond donors (Lipinski definition) is 2. The summed E-state index contributed by atoms with van der Waals surface area (Å²) in [6.07, 6.45) is 0.0449. The number of nitrogens with zero attached hydrogens (tertiary/aromatic N) is 2. The van der Waals surface area contributed by atoms with Gasteiger partial charge >= 0.3 is 12.1 Å². The first-order valence-corrected chi connectivity index (χ1v) is 11.2. The van der Waals surface area contributed by atoms with Crippen molar-refractivity contribution in [3.8, 4) is 11.1 Å². The van der Waals surface area contributed by atoms with Crippen molar-refractivity contribution in [3.05, 3.63) is 75.5 Å². The van der Waals surface area contributed by atoms with E-state index < -0.39 is 18.1 Å². The van der Waals surface area contributed by atoms with Crippen LogP contribution in [0.2, 0.25) is 0 Å². The second-order valence-electron chi connectivity index (χ2n) is 7.75. The number of carbonyl (C=O) groups excluding carboxylic acids is 1. The molecule has 8 heteroatoms. The predicted octanol–water partition coefficient (Wildman–Crippen LogP) is 4.28. The molecule has 0 saturated heterocycles. The number of aliphatic carboxylic acids is 1. The Morgan fingerprint density at radius 2 is 1.75 bits per heavy atom. The van der Waals surface area contributed by atoms with Crippen molar-refractivity contribution in [2.24, 2.45) is 7.05 Å². The van der Waals surface area contributed by atoms with Gasteiger partial charge in [0.15, 0.2) is 0 Å². The van der Waals surface area contributed by atoms with Crippen LogP contribution in [0.15, 0.2) is 53.0 Å². The summed E-state index contributed by atoms with van der Waals surface area (Å²) in [5.41, 5.74) is 6.01. The minimum absolute atomic E-state index is 0.0869. The van der Waals surface area contributed by atoms with E-state index in [1.807, 2.05) is 43.3 Å². The fourth-order valence-electron chi connectivity index (χ4n) is 4.22. The van der Waals surface area contributed by atoms with Crippen LogP contribution in [0.3, 0.4) is 0 Å². The summed E-state index contributed by atoms with van der Waals surface area (Å²) in [7, 11) is 1.76. The number of alkyl carbamates (subject to hydrolysis) is 1. The Labute approximate surface area is 194 Å². The van der Waals surface area contributed by atoms with Crippen molar-refractivity contribution >= 4 is 28.0 Å². The van der Waals surface area contributed by atoms with Gasteiger partial charge < -0.3 is 15.2 Å². The van der Waals surface area contributed by atoms with E-state index in [9.17, 15) is 14.7 Å². The molecule has 7 nitrogen and oxygen atoms in total. The standard InChI is InChI=1S/C24H24BrN3O4/c1-3-19-22(25)21(28(2)27-19)12-20(23(29)30)26-24(31)32-13-18-16-10-6-4-8-14(16)15-9-5-7-11-17(15)18/h4-11,18,20H,3,12-13H2,1-2H3,(H,26,31)(H,29,30). The second kappa shape index (κ2) is 9.16. The number of fused-ring (bicyclic) bond motifs is 3. The van der Waals surface area contributed by atoms with Gasteiger partial charge in [-0.1, -0.05) is 55.5 Å². The zero-order valence-corrected chi connectivity index (χ0v) is 19.4. The minimum atomic E-state index is -1.14. The Balaban J connectivity index is 1.45. The molecule has 0 aliphatic heterocycles. The topological polar surface area (TPSA) is 93.5 Å². The zero-order chi connectivity index (χ0) is 22.8. The van der Waals surface area contributed by atoms with Crippen molar-refractivity contribution in [1.29, 1.82) is 0 Å². The van der Waals surface area contributed by atoms with Crippen molar-refractivity contribution < 1.29 is 19.4 Å². The van der Waals surface area contributed by atoms with Crippen LogP contribution in [0.5, 0.6) is 0 Å².